The number of piperidine rings is 1. The summed E-state index contributed by atoms with van der Waals surface area (Å²) in [5.41, 5.74) is 3.95. The monoisotopic (exact) mass is 518 g/mol. The molecule has 1 aromatic rings. The van der Waals surface area contributed by atoms with Crippen molar-refractivity contribution in [2.24, 2.45) is 4.99 Å². The molecule has 0 aromatic heterocycles. The molecule has 0 atom stereocenters. The second-order valence-corrected chi connectivity index (χ2v) is 8.88. The molecule has 37 heavy (non-hydrogen) atoms. The Morgan fingerprint density at radius 2 is 1.65 bits per heavy atom. The number of unbranched alkanes of at least 4 members (excludes halogenated alkanes) is 6. The quantitative estimate of drug-likeness (QED) is 0.202. The van der Waals surface area contributed by atoms with Gasteiger partial charge in [0.25, 0.3) is 0 Å². The fourth-order valence-corrected chi connectivity index (χ4v) is 3.64. The number of carbonyl (C=O) groups excluding carboxylic acids is 1. The molecule has 208 valence electrons. The maximum atomic E-state index is 11.7. The smallest absolute Gasteiger partial charge is 0.235 e. The van der Waals surface area contributed by atoms with Crippen LogP contribution in [0.4, 0.5) is 14.5 Å². The molecule has 0 unspecified atom stereocenters. The van der Waals surface area contributed by atoms with Crippen molar-refractivity contribution in [3.8, 4) is 0 Å². The van der Waals surface area contributed by atoms with Gasteiger partial charge in [-0.15, -0.1) is 0 Å². The third-order valence-corrected chi connectivity index (χ3v) is 5.69. The zero-order chi connectivity index (χ0) is 28.1. The number of alkyl halides is 2. The van der Waals surface area contributed by atoms with Crippen LogP contribution >= 0.6 is 0 Å². The average Bonchev–Trinajstić information content (AvgIpc) is 2.88. The van der Waals surface area contributed by atoms with Crippen molar-refractivity contribution in [1.29, 1.82) is 5.41 Å². The normalized spacial score (nSPS) is 15.5. The van der Waals surface area contributed by atoms with Crippen molar-refractivity contribution in [3.05, 3.63) is 53.3 Å². The van der Waals surface area contributed by atoms with Gasteiger partial charge in [-0.05, 0) is 38.3 Å². The molecule has 0 bridgehead atoms. The fourth-order valence-electron chi connectivity index (χ4n) is 3.64. The van der Waals surface area contributed by atoms with Crippen LogP contribution in [0.5, 0.6) is 0 Å². The number of carbonyl (C=O) groups is 1. The number of anilines is 1. The summed E-state index contributed by atoms with van der Waals surface area (Å²) in [7, 11) is 1.85. The Balaban J connectivity index is 0.000000828. The maximum absolute atomic E-state index is 11.7. The van der Waals surface area contributed by atoms with E-state index in [1.807, 2.05) is 51.2 Å². The van der Waals surface area contributed by atoms with Crippen LogP contribution in [-0.4, -0.2) is 30.9 Å². The SMILES string of the molecule is CC(F)F.CC/C=C/N=C1\NC(=O)CC\C1=C(\C)C(=N)c1ccccc1NC.CCCCCCCCC. The van der Waals surface area contributed by atoms with Crippen LogP contribution in [-0.2, 0) is 4.79 Å². The molecule has 0 saturated carbocycles. The Hall–Kier alpha value is -2.83. The van der Waals surface area contributed by atoms with Crippen LogP contribution < -0.4 is 10.6 Å². The van der Waals surface area contributed by atoms with Crippen LogP contribution in [0.1, 0.15) is 104 Å². The first-order valence-corrected chi connectivity index (χ1v) is 13.6. The summed E-state index contributed by atoms with van der Waals surface area (Å²) in [6.07, 6.45) is 13.3. The predicted molar refractivity (Wildman–Crippen MR) is 155 cm³/mol. The molecule has 1 heterocycles. The zero-order valence-corrected chi connectivity index (χ0v) is 23.7. The van der Waals surface area contributed by atoms with Crippen LogP contribution in [0.15, 0.2) is 52.7 Å². The second kappa shape index (κ2) is 21.3. The van der Waals surface area contributed by atoms with Gasteiger partial charge in [-0.3, -0.25) is 10.2 Å². The first-order valence-electron chi connectivity index (χ1n) is 13.6. The molecule has 2 rings (SSSR count). The van der Waals surface area contributed by atoms with Gasteiger partial charge in [-0.2, -0.15) is 0 Å². The number of halogens is 2. The molecule has 0 radical (unpaired) electrons. The van der Waals surface area contributed by atoms with E-state index in [1.54, 1.807) is 6.20 Å². The highest BCUT2D eigenvalue weighted by Gasteiger charge is 2.22. The van der Waals surface area contributed by atoms with E-state index in [2.05, 4.69) is 29.5 Å². The Kier molecular flexibility index (Phi) is 19.6. The van der Waals surface area contributed by atoms with Crippen molar-refractivity contribution in [2.45, 2.75) is 105 Å². The summed E-state index contributed by atoms with van der Waals surface area (Å²) in [6.45, 7) is 9.31. The summed E-state index contributed by atoms with van der Waals surface area (Å²) in [6, 6.07) is 7.73. The Bertz CT molecular complexity index is 883. The van der Waals surface area contributed by atoms with Gasteiger partial charge in [0.15, 0.2) is 0 Å². The van der Waals surface area contributed by atoms with Gasteiger partial charge in [-0.25, -0.2) is 13.8 Å². The summed E-state index contributed by atoms with van der Waals surface area (Å²) in [4.78, 5) is 16.1. The van der Waals surface area contributed by atoms with E-state index in [-0.39, 0.29) is 5.91 Å². The molecule has 1 saturated heterocycles. The molecule has 1 aromatic carbocycles. The number of para-hydroxylation sites is 1. The molecule has 1 fully saturated rings. The number of benzene rings is 1. The molecular weight excluding hydrogens is 470 g/mol. The summed E-state index contributed by atoms with van der Waals surface area (Å²) in [5.74, 6) is 0.525. The van der Waals surface area contributed by atoms with Crippen molar-refractivity contribution < 1.29 is 13.6 Å². The minimum absolute atomic E-state index is 0.0302. The molecule has 1 aliphatic rings. The van der Waals surface area contributed by atoms with Crippen LogP contribution in [0, 0.1) is 5.41 Å². The Labute approximate surface area is 223 Å². The van der Waals surface area contributed by atoms with Gasteiger partial charge in [0.1, 0.15) is 5.84 Å². The van der Waals surface area contributed by atoms with Crippen molar-refractivity contribution in [2.75, 3.05) is 12.4 Å². The van der Waals surface area contributed by atoms with Crippen LogP contribution in [0.2, 0.25) is 0 Å². The molecule has 1 amide bonds. The van der Waals surface area contributed by atoms with E-state index in [9.17, 15) is 13.6 Å². The van der Waals surface area contributed by atoms with Gasteiger partial charge in [0.05, 0.1) is 5.71 Å². The number of aliphatic imine (C=N–C) groups is 1. The third kappa shape index (κ3) is 15.1. The van der Waals surface area contributed by atoms with E-state index in [4.69, 9.17) is 5.41 Å². The minimum atomic E-state index is -2.17. The lowest BCUT2D eigenvalue weighted by Gasteiger charge is -2.21. The lowest BCUT2D eigenvalue weighted by molar-refractivity contribution is -0.119. The topological polar surface area (TPSA) is 77.3 Å². The number of rotatable bonds is 11. The summed E-state index contributed by atoms with van der Waals surface area (Å²) >= 11 is 0. The highest BCUT2D eigenvalue weighted by atomic mass is 19.3. The van der Waals surface area contributed by atoms with E-state index >= 15 is 0 Å². The number of allylic oxidation sites excluding steroid dienone is 2. The lowest BCUT2D eigenvalue weighted by Crippen LogP contribution is -2.37. The molecule has 5 nitrogen and oxygen atoms in total. The van der Waals surface area contributed by atoms with Gasteiger partial charge >= 0.3 is 0 Å². The van der Waals surface area contributed by atoms with Crippen molar-refractivity contribution in [1.82, 2.24) is 5.32 Å². The first-order chi connectivity index (χ1) is 17.7. The Morgan fingerprint density at radius 3 is 2.19 bits per heavy atom. The van der Waals surface area contributed by atoms with E-state index in [0.29, 0.717) is 24.4 Å². The molecule has 7 heteroatoms. The molecule has 0 aliphatic carbocycles. The number of amides is 1. The molecule has 1 aliphatic heterocycles. The van der Waals surface area contributed by atoms with E-state index in [1.165, 1.54) is 44.9 Å². The van der Waals surface area contributed by atoms with Gasteiger partial charge < -0.3 is 10.6 Å². The molecule has 0 spiro atoms. The molecule has 3 N–H and O–H groups in total. The first kappa shape index (κ1) is 34.2. The maximum Gasteiger partial charge on any atom is 0.235 e. The number of nitrogens with zero attached hydrogens (tertiary/aromatic N) is 1. The highest BCUT2D eigenvalue weighted by molar-refractivity contribution is 6.20. The van der Waals surface area contributed by atoms with Crippen LogP contribution in [0.25, 0.3) is 0 Å². The van der Waals surface area contributed by atoms with Gasteiger partial charge in [0, 0.05) is 36.5 Å². The van der Waals surface area contributed by atoms with E-state index in [0.717, 1.165) is 35.7 Å². The van der Waals surface area contributed by atoms with Crippen LogP contribution in [0.3, 0.4) is 0 Å². The van der Waals surface area contributed by atoms with Crippen molar-refractivity contribution >= 4 is 23.1 Å². The summed E-state index contributed by atoms with van der Waals surface area (Å²) < 4.78 is 20.7. The number of amidine groups is 1. The van der Waals surface area contributed by atoms with Gasteiger partial charge in [-0.1, -0.05) is 90.0 Å². The highest BCUT2D eigenvalue weighted by Crippen LogP contribution is 2.24. The summed E-state index contributed by atoms with van der Waals surface area (Å²) in [5, 5.41) is 14.5. The zero-order valence-electron chi connectivity index (χ0n) is 23.7. The third-order valence-electron chi connectivity index (χ3n) is 5.69. The largest absolute Gasteiger partial charge is 0.388 e. The fraction of sp³-hybridized carbons (Fsp3) is 0.567. The number of hydrogen-bond acceptors (Lipinski definition) is 4. The number of hydrogen-bond donors (Lipinski definition) is 3. The Morgan fingerprint density at radius 1 is 1.08 bits per heavy atom. The van der Waals surface area contributed by atoms with E-state index < -0.39 is 6.43 Å². The number of nitrogens with one attached hydrogen (secondary N) is 3. The predicted octanol–water partition coefficient (Wildman–Crippen LogP) is 8.67. The lowest BCUT2D eigenvalue weighted by atomic mass is 9.93. The van der Waals surface area contributed by atoms with Gasteiger partial charge in [0.2, 0.25) is 12.3 Å². The van der Waals surface area contributed by atoms with Crippen molar-refractivity contribution in [3.63, 3.8) is 0 Å². The average molecular weight is 519 g/mol. The minimum Gasteiger partial charge on any atom is -0.388 e. The standard InChI is InChI=1S/C19H24N4O.C9H20.C2H4F2/c1-4-5-12-22-19-14(10-11-17(24)23-19)13(2)18(20)15-8-6-7-9-16(15)21-3;1-3-5-7-9-8-6-4-2;1-2(3)4/h5-9,12,20-21H,4,10-11H2,1-3H3,(H,22,23,24);3-9H2,1-2H3;2H,1H3/b12-5+,14-13+,20-18?;;. The molecular formula is C30H48F2N4O. The second-order valence-electron chi connectivity index (χ2n) is 8.88.